The van der Waals surface area contributed by atoms with Crippen LogP contribution in [0.1, 0.15) is 30.2 Å². The maximum Gasteiger partial charge on any atom is 0.0662 e. The van der Waals surface area contributed by atoms with Crippen molar-refractivity contribution in [2.24, 2.45) is 0 Å². The van der Waals surface area contributed by atoms with Crippen LogP contribution in [0.25, 0.3) is 0 Å². The van der Waals surface area contributed by atoms with Gasteiger partial charge in [0.2, 0.25) is 0 Å². The second kappa shape index (κ2) is 5.26. The van der Waals surface area contributed by atoms with Gasteiger partial charge in [-0.05, 0) is 31.4 Å². The maximum atomic E-state index is 11.6. The molecule has 1 heterocycles. The topological polar surface area (TPSA) is 56.0 Å². The van der Waals surface area contributed by atoms with Crippen LogP contribution in [0.15, 0.2) is 6.20 Å². The Kier molecular flexibility index (Phi) is 4.27. The Bertz CT molecular complexity index is 377. The Labute approximate surface area is 93.6 Å². The van der Waals surface area contributed by atoms with E-state index in [0.29, 0.717) is 5.75 Å². The van der Waals surface area contributed by atoms with Gasteiger partial charge in [0.15, 0.2) is 0 Å². The Morgan fingerprint density at radius 2 is 2.13 bits per heavy atom. The van der Waals surface area contributed by atoms with Crippen molar-refractivity contribution in [1.82, 2.24) is 4.98 Å². The van der Waals surface area contributed by atoms with Gasteiger partial charge in [0.1, 0.15) is 0 Å². The highest BCUT2D eigenvalue weighted by atomic mass is 32.2. The lowest BCUT2D eigenvalue weighted by Gasteiger charge is -2.09. The van der Waals surface area contributed by atoms with E-state index in [4.69, 9.17) is 5.73 Å². The summed E-state index contributed by atoms with van der Waals surface area (Å²) in [6, 6.07) is 0. The van der Waals surface area contributed by atoms with Crippen LogP contribution in [0.4, 0.5) is 5.69 Å². The third-order valence-corrected chi connectivity index (χ3v) is 3.86. The number of nitrogen functional groups attached to an aromatic ring is 1. The van der Waals surface area contributed by atoms with Gasteiger partial charge in [-0.3, -0.25) is 9.19 Å². The quantitative estimate of drug-likeness (QED) is 0.853. The number of hydrogen-bond donors (Lipinski definition) is 1. The first-order chi connectivity index (χ1) is 7.06. The number of aromatic nitrogens is 1. The predicted octanol–water partition coefficient (Wildman–Crippen LogP) is 1.94. The van der Waals surface area contributed by atoms with Crippen molar-refractivity contribution < 1.29 is 4.21 Å². The van der Waals surface area contributed by atoms with Crippen molar-refractivity contribution in [3.05, 3.63) is 23.0 Å². The van der Waals surface area contributed by atoms with Crippen LogP contribution in [0.2, 0.25) is 0 Å². The van der Waals surface area contributed by atoms with Crippen LogP contribution in [0, 0.1) is 13.8 Å². The lowest BCUT2D eigenvalue weighted by atomic mass is 10.1. The molecule has 0 aliphatic heterocycles. The summed E-state index contributed by atoms with van der Waals surface area (Å²) in [7, 11) is -0.814. The molecule has 0 aromatic carbocycles. The fraction of sp³-hybridized carbons (Fsp3) is 0.545. The van der Waals surface area contributed by atoms with Gasteiger partial charge in [-0.25, -0.2) is 0 Å². The molecule has 4 heteroatoms. The molecule has 0 spiro atoms. The molecule has 0 aliphatic carbocycles. The first-order valence-electron chi connectivity index (χ1n) is 5.11. The molecule has 15 heavy (non-hydrogen) atoms. The minimum atomic E-state index is -0.814. The van der Waals surface area contributed by atoms with Crippen LogP contribution in [-0.4, -0.2) is 14.9 Å². The fourth-order valence-corrected chi connectivity index (χ4v) is 2.59. The maximum absolute atomic E-state index is 11.6. The molecule has 0 radical (unpaired) electrons. The van der Waals surface area contributed by atoms with E-state index in [0.717, 1.165) is 34.7 Å². The van der Waals surface area contributed by atoms with Gasteiger partial charge in [-0.2, -0.15) is 0 Å². The van der Waals surface area contributed by atoms with E-state index in [9.17, 15) is 4.21 Å². The van der Waals surface area contributed by atoms with E-state index < -0.39 is 10.8 Å². The van der Waals surface area contributed by atoms with Crippen molar-refractivity contribution in [2.45, 2.75) is 32.9 Å². The van der Waals surface area contributed by atoms with Gasteiger partial charge >= 0.3 is 0 Å². The van der Waals surface area contributed by atoms with Gasteiger partial charge < -0.3 is 5.73 Å². The van der Waals surface area contributed by atoms with Gasteiger partial charge in [0, 0.05) is 28.4 Å². The number of anilines is 1. The number of rotatable bonds is 4. The summed E-state index contributed by atoms with van der Waals surface area (Å²) in [5.41, 5.74) is 9.49. The highest BCUT2D eigenvalue weighted by molar-refractivity contribution is 7.84. The summed E-state index contributed by atoms with van der Waals surface area (Å²) in [4.78, 5) is 4.29. The number of hydrogen-bond acceptors (Lipinski definition) is 3. The molecule has 1 aromatic heterocycles. The van der Waals surface area contributed by atoms with Crippen molar-refractivity contribution in [3.8, 4) is 0 Å². The van der Waals surface area contributed by atoms with Gasteiger partial charge in [-0.1, -0.05) is 6.92 Å². The molecule has 1 aromatic rings. The summed E-state index contributed by atoms with van der Waals surface area (Å²) in [5.74, 6) is 1.25. The minimum absolute atomic E-state index is 0.518. The standard InChI is InChI=1S/C11H18N2OS/c1-4-5-15(14)7-10-9(3)11(12)8(2)6-13-10/h6H,4-5,7H2,1-3H3,(H2,12,13). The number of pyridine rings is 1. The monoisotopic (exact) mass is 226 g/mol. The molecule has 0 fully saturated rings. The first kappa shape index (κ1) is 12.2. The second-order valence-corrected chi connectivity index (χ2v) is 5.29. The largest absolute Gasteiger partial charge is 0.398 e. The molecule has 0 saturated carbocycles. The third-order valence-electron chi connectivity index (χ3n) is 2.41. The molecule has 84 valence electrons. The summed E-state index contributed by atoms with van der Waals surface area (Å²) >= 11 is 0. The van der Waals surface area contributed by atoms with Gasteiger partial charge in [0.25, 0.3) is 0 Å². The Hall–Kier alpha value is -0.900. The normalized spacial score (nSPS) is 12.7. The number of nitrogens with two attached hydrogens (primary N) is 1. The lowest BCUT2D eigenvalue weighted by molar-refractivity contribution is 0.680. The van der Waals surface area contributed by atoms with Crippen LogP contribution in [0.3, 0.4) is 0 Å². The van der Waals surface area contributed by atoms with E-state index >= 15 is 0 Å². The van der Waals surface area contributed by atoms with Gasteiger partial charge in [0.05, 0.1) is 11.4 Å². The van der Waals surface area contributed by atoms with E-state index in [1.165, 1.54) is 0 Å². The Morgan fingerprint density at radius 1 is 1.47 bits per heavy atom. The molecule has 0 bridgehead atoms. The smallest absolute Gasteiger partial charge is 0.0662 e. The third kappa shape index (κ3) is 3.02. The molecule has 0 amide bonds. The average molecular weight is 226 g/mol. The van der Waals surface area contributed by atoms with Crippen molar-refractivity contribution in [2.75, 3.05) is 11.5 Å². The zero-order valence-electron chi connectivity index (χ0n) is 9.54. The highest BCUT2D eigenvalue weighted by Crippen LogP contribution is 2.18. The number of aryl methyl sites for hydroxylation is 1. The van der Waals surface area contributed by atoms with Crippen LogP contribution < -0.4 is 5.73 Å². The highest BCUT2D eigenvalue weighted by Gasteiger charge is 2.08. The summed E-state index contributed by atoms with van der Waals surface area (Å²) < 4.78 is 11.6. The summed E-state index contributed by atoms with van der Waals surface area (Å²) in [6.45, 7) is 5.90. The summed E-state index contributed by atoms with van der Waals surface area (Å²) in [5, 5.41) is 0. The first-order valence-corrected chi connectivity index (χ1v) is 6.60. The van der Waals surface area contributed by atoms with E-state index in [1.807, 2.05) is 20.8 Å². The van der Waals surface area contributed by atoms with Gasteiger partial charge in [-0.15, -0.1) is 0 Å². The minimum Gasteiger partial charge on any atom is -0.398 e. The van der Waals surface area contributed by atoms with E-state index in [1.54, 1.807) is 6.20 Å². The predicted molar refractivity (Wildman–Crippen MR) is 65.1 cm³/mol. The Balaban J connectivity index is 2.87. The molecular weight excluding hydrogens is 208 g/mol. The zero-order valence-corrected chi connectivity index (χ0v) is 10.4. The molecular formula is C11H18N2OS. The van der Waals surface area contributed by atoms with Crippen molar-refractivity contribution in [1.29, 1.82) is 0 Å². The molecule has 2 N–H and O–H groups in total. The van der Waals surface area contributed by atoms with Crippen molar-refractivity contribution >= 4 is 16.5 Å². The van der Waals surface area contributed by atoms with Crippen LogP contribution in [-0.2, 0) is 16.6 Å². The Morgan fingerprint density at radius 3 is 2.73 bits per heavy atom. The molecule has 0 aliphatic rings. The summed E-state index contributed by atoms with van der Waals surface area (Å²) in [6.07, 6.45) is 2.69. The lowest BCUT2D eigenvalue weighted by Crippen LogP contribution is -2.06. The SMILES string of the molecule is CCCS(=O)Cc1ncc(C)c(N)c1C. The molecule has 3 nitrogen and oxygen atoms in total. The number of nitrogens with zero attached hydrogens (tertiary/aromatic N) is 1. The fourth-order valence-electron chi connectivity index (χ4n) is 1.39. The van der Waals surface area contributed by atoms with E-state index in [-0.39, 0.29) is 0 Å². The van der Waals surface area contributed by atoms with Crippen LogP contribution in [0.5, 0.6) is 0 Å². The molecule has 1 atom stereocenters. The van der Waals surface area contributed by atoms with Crippen molar-refractivity contribution in [3.63, 3.8) is 0 Å². The van der Waals surface area contributed by atoms with Crippen LogP contribution >= 0.6 is 0 Å². The molecule has 1 unspecified atom stereocenters. The molecule has 1 rings (SSSR count). The zero-order chi connectivity index (χ0) is 11.4. The second-order valence-electron chi connectivity index (χ2n) is 3.71. The average Bonchev–Trinajstić information content (AvgIpc) is 2.20. The molecule has 0 saturated heterocycles. The van der Waals surface area contributed by atoms with E-state index in [2.05, 4.69) is 4.98 Å².